The van der Waals surface area contributed by atoms with Crippen LogP contribution >= 0.6 is 0 Å². The Morgan fingerprint density at radius 3 is 2.81 bits per heavy atom. The van der Waals surface area contributed by atoms with Crippen molar-refractivity contribution >= 4 is 10.0 Å². The van der Waals surface area contributed by atoms with E-state index in [2.05, 4.69) is 0 Å². The lowest BCUT2D eigenvalue weighted by Gasteiger charge is -2.14. The van der Waals surface area contributed by atoms with Crippen LogP contribution in [0.4, 0.5) is 4.39 Å². The second-order valence-electron chi connectivity index (χ2n) is 3.65. The summed E-state index contributed by atoms with van der Waals surface area (Å²) < 4.78 is 38.2. The van der Waals surface area contributed by atoms with Gasteiger partial charge in [0.2, 0.25) is 0 Å². The maximum atomic E-state index is 13.5. The lowest BCUT2D eigenvalue weighted by molar-refractivity contribution is -0.0286. The second-order valence-corrected chi connectivity index (χ2v) is 5.45. The van der Waals surface area contributed by atoms with Crippen LogP contribution in [0.15, 0.2) is 23.1 Å². The highest BCUT2D eigenvalue weighted by molar-refractivity contribution is 7.89. The Balaban J connectivity index is 2.46. The van der Waals surface area contributed by atoms with E-state index in [0.717, 1.165) is 10.5 Å². The van der Waals surface area contributed by atoms with Gasteiger partial charge >= 0.3 is 0 Å². The van der Waals surface area contributed by atoms with Gasteiger partial charge in [0.25, 0.3) is 10.0 Å². The van der Waals surface area contributed by atoms with Gasteiger partial charge in [0.1, 0.15) is 10.7 Å². The van der Waals surface area contributed by atoms with Crippen molar-refractivity contribution in [3.05, 3.63) is 29.6 Å². The number of aryl methyl sites for hydroxylation is 1. The highest BCUT2D eigenvalue weighted by Gasteiger charge is 2.31. The second kappa shape index (κ2) is 4.12. The Labute approximate surface area is 93.6 Å². The zero-order chi connectivity index (χ0) is 11.8. The first kappa shape index (κ1) is 11.5. The van der Waals surface area contributed by atoms with Crippen LogP contribution in [-0.4, -0.2) is 26.0 Å². The van der Waals surface area contributed by atoms with Gasteiger partial charge in [-0.2, -0.15) is 0 Å². The van der Waals surface area contributed by atoms with Crippen molar-refractivity contribution < 1.29 is 17.6 Å². The summed E-state index contributed by atoms with van der Waals surface area (Å²) in [6.07, 6.45) is 0.632. The molecule has 1 aliphatic heterocycles. The first-order chi connectivity index (χ1) is 7.51. The van der Waals surface area contributed by atoms with Crippen molar-refractivity contribution in [2.75, 3.05) is 13.2 Å². The third kappa shape index (κ3) is 1.95. The zero-order valence-electron chi connectivity index (χ0n) is 8.81. The highest BCUT2D eigenvalue weighted by atomic mass is 32.2. The number of hydrogen-bond donors (Lipinski definition) is 0. The lowest BCUT2D eigenvalue weighted by atomic mass is 10.2. The fourth-order valence-electron chi connectivity index (χ4n) is 1.53. The molecule has 2 rings (SSSR count). The number of sulfonamides is 1. The van der Waals surface area contributed by atoms with Gasteiger partial charge < -0.3 is 0 Å². The molecule has 0 unspecified atom stereocenters. The SMILES string of the molecule is Cc1ccc(F)c(S(=O)(=O)N2CCCO2)c1. The number of hydrogen-bond acceptors (Lipinski definition) is 3. The van der Waals surface area contributed by atoms with Gasteiger partial charge in [-0.05, 0) is 31.0 Å². The quantitative estimate of drug-likeness (QED) is 0.792. The van der Waals surface area contributed by atoms with Gasteiger partial charge in [-0.25, -0.2) is 12.8 Å². The molecule has 0 bridgehead atoms. The predicted octanol–water partition coefficient (Wildman–Crippen LogP) is 1.46. The van der Waals surface area contributed by atoms with Crippen LogP contribution in [0.25, 0.3) is 0 Å². The van der Waals surface area contributed by atoms with E-state index in [1.54, 1.807) is 6.92 Å². The Morgan fingerprint density at radius 2 is 2.19 bits per heavy atom. The molecule has 0 aliphatic carbocycles. The number of benzene rings is 1. The number of halogens is 1. The van der Waals surface area contributed by atoms with Gasteiger partial charge in [0.05, 0.1) is 6.61 Å². The van der Waals surface area contributed by atoms with Gasteiger partial charge in [-0.15, -0.1) is 0 Å². The number of hydroxylamine groups is 1. The predicted molar refractivity (Wildman–Crippen MR) is 55.6 cm³/mol. The molecule has 1 fully saturated rings. The minimum absolute atomic E-state index is 0.274. The summed E-state index contributed by atoms with van der Waals surface area (Å²) >= 11 is 0. The number of rotatable bonds is 2. The Bertz CT molecular complexity index is 495. The molecule has 1 heterocycles. The van der Waals surface area contributed by atoms with Crippen molar-refractivity contribution in [1.29, 1.82) is 0 Å². The summed E-state index contributed by atoms with van der Waals surface area (Å²) in [5.74, 6) is -0.749. The van der Waals surface area contributed by atoms with Crippen LogP contribution in [-0.2, 0) is 14.9 Å². The van der Waals surface area contributed by atoms with Crippen LogP contribution in [0, 0.1) is 12.7 Å². The minimum atomic E-state index is -3.86. The van der Waals surface area contributed by atoms with E-state index in [1.807, 2.05) is 0 Å². The van der Waals surface area contributed by atoms with Crippen molar-refractivity contribution in [1.82, 2.24) is 4.47 Å². The summed E-state index contributed by atoms with van der Waals surface area (Å²) in [4.78, 5) is 4.62. The summed E-state index contributed by atoms with van der Waals surface area (Å²) in [6.45, 7) is 2.34. The average Bonchev–Trinajstić information content (AvgIpc) is 2.75. The summed E-state index contributed by atoms with van der Waals surface area (Å²) in [6, 6.07) is 3.99. The molecule has 88 valence electrons. The Hall–Kier alpha value is -0.980. The first-order valence-electron chi connectivity index (χ1n) is 4.93. The Morgan fingerprint density at radius 1 is 1.44 bits per heavy atom. The van der Waals surface area contributed by atoms with Gasteiger partial charge in [-0.3, -0.25) is 4.84 Å². The normalized spacial score (nSPS) is 17.9. The van der Waals surface area contributed by atoms with Crippen molar-refractivity contribution in [3.63, 3.8) is 0 Å². The lowest BCUT2D eigenvalue weighted by Crippen LogP contribution is -2.27. The maximum Gasteiger partial charge on any atom is 0.267 e. The summed E-state index contributed by atoms with van der Waals surface area (Å²) in [5.41, 5.74) is 0.694. The fraction of sp³-hybridized carbons (Fsp3) is 0.400. The third-order valence-corrected chi connectivity index (χ3v) is 4.05. The van der Waals surface area contributed by atoms with Crippen LogP contribution in [0.3, 0.4) is 0 Å². The average molecular weight is 245 g/mol. The molecule has 1 saturated heterocycles. The molecule has 1 aromatic carbocycles. The van der Waals surface area contributed by atoms with E-state index in [1.165, 1.54) is 12.1 Å². The monoisotopic (exact) mass is 245 g/mol. The Kier molecular flexibility index (Phi) is 2.96. The van der Waals surface area contributed by atoms with Crippen LogP contribution in [0.5, 0.6) is 0 Å². The molecular weight excluding hydrogens is 233 g/mol. The first-order valence-corrected chi connectivity index (χ1v) is 6.37. The van der Waals surface area contributed by atoms with Crippen molar-refractivity contribution in [3.8, 4) is 0 Å². The minimum Gasteiger partial charge on any atom is -0.284 e. The topological polar surface area (TPSA) is 46.6 Å². The molecule has 0 amide bonds. The molecule has 0 N–H and O–H groups in total. The largest absolute Gasteiger partial charge is 0.284 e. The molecule has 0 saturated carbocycles. The van der Waals surface area contributed by atoms with Crippen LogP contribution in [0.1, 0.15) is 12.0 Å². The fourth-order valence-corrected chi connectivity index (χ4v) is 2.98. The standard InChI is InChI=1S/C10H12FNO3S/c1-8-3-4-9(11)10(7-8)16(13,14)12-5-2-6-15-12/h3-4,7H,2,5-6H2,1H3. The molecule has 4 nitrogen and oxygen atoms in total. The zero-order valence-corrected chi connectivity index (χ0v) is 9.63. The van der Waals surface area contributed by atoms with Gasteiger partial charge in [-0.1, -0.05) is 10.5 Å². The smallest absolute Gasteiger partial charge is 0.267 e. The van der Waals surface area contributed by atoms with E-state index in [0.29, 0.717) is 18.6 Å². The number of nitrogens with zero attached hydrogens (tertiary/aromatic N) is 1. The summed E-state index contributed by atoms with van der Waals surface area (Å²) in [7, 11) is -3.86. The van der Waals surface area contributed by atoms with Gasteiger partial charge in [0, 0.05) is 6.54 Å². The van der Waals surface area contributed by atoms with Crippen molar-refractivity contribution in [2.45, 2.75) is 18.2 Å². The molecule has 1 aromatic rings. The van der Waals surface area contributed by atoms with Gasteiger partial charge in [0.15, 0.2) is 0 Å². The van der Waals surface area contributed by atoms with E-state index >= 15 is 0 Å². The van der Waals surface area contributed by atoms with E-state index in [4.69, 9.17) is 4.84 Å². The van der Waals surface area contributed by atoms with Crippen LogP contribution in [0.2, 0.25) is 0 Å². The van der Waals surface area contributed by atoms with Crippen molar-refractivity contribution in [2.24, 2.45) is 0 Å². The van der Waals surface area contributed by atoms with Crippen LogP contribution < -0.4 is 0 Å². The molecule has 0 aromatic heterocycles. The van der Waals surface area contributed by atoms with E-state index in [-0.39, 0.29) is 11.4 Å². The van der Waals surface area contributed by atoms with E-state index in [9.17, 15) is 12.8 Å². The molecular formula is C10H12FNO3S. The van der Waals surface area contributed by atoms with E-state index < -0.39 is 15.8 Å². The molecule has 1 aliphatic rings. The molecule has 0 atom stereocenters. The highest BCUT2D eigenvalue weighted by Crippen LogP contribution is 2.23. The molecule has 0 radical (unpaired) electrons. The third-order valence-electron chi connectivity index (χ3n) is 2.35. The molecule has 6 heteroatoms. The summed E-state index contributed by atoms with van der Waals surface area (Å²) in [5, 5.41) is 0. The maximum absolute atomic E-state index is 13.5. The molecule has 16 heavy (non-hydrogen) atoms. The molecule has 0 spiro atoms.